The van der Waals surface area contributed by atoms with Gasteiger partial charge in [0.25, 0.3) is 0 Å². The van der Waals surface area contributed by atoms with Crippen LogP contribution < -0.4 is 16.0 Å². The van der Waals surface area contributed by atoms with E-state index in [-0.39, 0.29) is 5.75 Å². The molecule has 0 saturated carbocycles. The zero-order chi connectivity index (χ0) is 17.6. The van der Waals surface area contributed by atoms with Crippen LogP contribution in [0.15, 0.2) is 35.5 Å². The maximum Gasteiger partial charge on any atom is 0.318 e. The lowest BCUT2D eigenvalue weighted by atomic mass is 10.3. The third-order valence-electron chi connectivity index (χ3n) is 3.52. The van der Waals surface area contributed by atoms with Crippen LogP contribution in [-0.4, -0.2) is 58.8 Å². The number of hydrogen-bond acceptors (Lipinski definition) is 7. The predicted molar refractivity (Wildman–Crippen MR) is 92.8 cm³/mol. The molecule has 9 nitrogen and oxygen atoms in total. The summed E-state index contributed by atoms with van der Waals surface area (Å²) >= 11 is 1.19. The van der Waals surface area contributed by atoms with Gasteiger partial charge in [0.15, 0.2) is 5.16 Å². The number of urea groups is 1. The first-order valence-corrected chi connectivity index (χ1v) is 8.69. The lowest BCUT2D eigenvalue weighted by Gasteiger charge is -2.27. The van der Waals surface area contributed by atoms with Gasteiger partial charge < -0.3 is 15.4 Å². The first kappa shape index (κ1) is 17.2. The van der Waals surface area contributed by atoms with Gasteiger partial charge in [-0.15, -0.1) is 10.2 Å². The zero-order valence-corrected chi connectivity index (χ0v) is 14.2. The minimum atomic E-state index is -0.871. The number of anilines is 1. The van der Waals surface area contributed by atoms with Gasteiger partial charge in [-0.05, 0) is 12.1 Å². The fourth-order valence-corrected chi connectivity index (χ4v) is 3.18. The van der Waals surface area contributed by atoms with Crippen molar-refractivity contribution in [1.82, 2.24) is 20.1 Å². The Labute approximate surface area is 148 Å². The summed E-state index contributed by atoms with van der Waals surface area (Å²) in [6.07, 6.45) is 0. The number of hydrogen-bond donors (Lipinski definition) is 2. The lowest BCUT2D eigenvalue weighted by molar-refractivity contribution is -0.117. The Bertz CT molecular complexity index is 745. The number of thioether (sulfide) groups is 1. The summed E-state index contributed by atoms with van der Waals surface area (Å²) in [5, 5.41) is 11.1. The number of ether oxygens (including phenoxy) is 1. The molecule has 10 heteroatoms. The number of morpholine rings is 1. The molecule has 0 bridgehead atoms. The van der Waals surface area contributed by atoms with E-state index < -0.39 is 11.9 Å². The van der Waals surface area contributed by atoms with Crippen LogP contribution in [0.4, 0.5) is 10.7 Å². The summed E-state index contributed by atoms with van der Waals surface area (Å²) in [6.45, 7) is 2.70. The van der Waals surface area contributed by atoms with E-state index in [1.807, 2.05) is 40.2 Å². The van der Waals surface area contributed by atoms with Crippen molar-refractivity contribution in [3.8, 4) is 5.69 Å². The van der Waals surface area contributed by atoms with E-state index >= 15 is 0 Å². The fourth-order valence-electron chi connectivity index (χ4n) is 2.43. The van der Waals surface area contributed by atoms with E-state index in [1.54, 1.807) is 0 Å². The van der Waals surface area contributed by atoms with Crippen LogP contribution in [0.1, 0.15) is 0 Å². The summed E-state index contributed by atoms with van der Waals surface area (Å²) < 4.78 is 7.28. The molecular formula is C15H18N6O3S. The van der Waals surface area contributed by atoms with E-state index in [4.69, 9.17) is 10.5 Å². The highest BCUT2D eigenvalue weighted by atomic mass is 32.2. The lowest BCUT2D eigenvalue weighted by Crippen LogP contribution is -2.38. The Balaban J connectivity index is 1.86. The summed E-state index contributed by atoms with van der Waals surface area (Å²) in [5.74, 6) is 0.233. The first-order chi connectivity index (χ1) is 12.1. The number of imide groups is 1. The third kappa shape index (κ3) is 4.28. The van der Waals surface area contributed by atoms with Gasteiger partial charge in [0, 0.05) is 13.1 Å². The number of carbonyl (C=O) groups is 2. The van der Waals surface area contributed by atoms with Gasteiger partial charge in [0.05, 0.1) is 24.7 Å². The molecule has 3 N–H and O–H groups in total. The van der Waals surface area contributed by atoms with Crippen molar-refractivity contribution >= 4 is 29.6 Å². The second-order valence-corrected chi connectivity index (χ2v) is 6.20. The highest BCUT2D eigenvalue weighted by Crippen LogP contribution is 2.26. The minimum absolute atomic E-state index is 0.0109. The van der Waals surface area contributed by atoms with Crippen molar-refractivity contribution in [2.24, 2.45) is 5.73 Å². The number of rotatable bonds is 5. The number of aromatic nitrogens is 3. The summed E-state index contributed by atoms with van der Waals surface area (Å²) in [5.41, 5.74) is 5.85. The molecule has 3 amide bonds. The Kier molecular flexibility index (Phi) is 5.51. The Morgan fingerprint density at radius 1 is 1.20 bits per heavy atom. The molecule has 1 aliphatic heterocycles. The molecule has 1 aromatic carbocycles. The molecule has 0 aliphatic carbocycles. The average Bonchev–Trinajstić information content (AvgIpc) is 3.05. The molecule has 132 valence electrons. The number of carbonyl (C=O) groups excluding carboxylic acids is 2. The number of amides is 3. The molecule has 0 unspecified atom stereocenters. The number of nitrogens with one attached hydrogen (secondary N) is 1. The van der Waals surface area contributed by atoms with E-state index in [2.05, 4.69) is 15.1 Å². The first-order valence-electron chi connectivity index (χ1n) is 7.71. The minimum Gasteiger partial charge on any atom is -0.378 e. The van der Waals surface area contributed by atoms with Gasteiger partial charge in [0.2, 0.25) is 11.9 Å². The number of nitrogens with two attached hydrogens (primary N) is 1. The summed E-state index contributed by atoms with van der Waals surface area (Å²) in [6, 6.07) is 8.79. The number of primary amides is 1. The van der Waals surface area contributed by atoms with Crippen LogP contribution in [0.2, 0.25) is 0 Å². The van der Waals surface area contributed by atoms with Gasteiger partial charge in [-0.2, -0.15) is 0 Å². The average molecular weight is 362 g/mol. The second-order valence-electron chi connectivity index (χ2n) is 5.25. The number of benzene rings is 1. The van der Waals surface area contributed by atoms with E-state index in [1.165, 1.54) is 11.8 Å². The largest absolute Gasteiger partial charge is 0.378 e. The molecule has 1 fully saturated rings. The molecule has 2 heterocycles. The Hall–Kier alpha value is -2.59. The second kappa shape index (κ2) is 7.99. The molecular weight excluding hydrogens is 344 g/mol. The number of para-hydroxylation sites is 1. The van der Waals surface area contributed by atoms with Crippen LogP contribution in [0.25, 0.3) is 5.69 Å². The molecule has 3 rings (SSSR count). The van der Waals surface area contributed by atoms with Crippen molar-refractivity contribution in [3.63, 3.8) is 0 Å². The van der Waals surface area contributed by atoms with Crippen LogP contribution in [0, 0.1) is 0 Å². The van der Waals surface area contributed by atoms with Gasteiger partial charge in [-0.25, -0.2) is 4.79 Å². The van der Waals surface area contributed by atoms with Crippen molar-refractivity contribution < 1.29 is 14.3 Å². The summed E-state index contributed by atoms with van der Waals surface area (Å²) in [7, 11) is 0. The molecule has 25 heavy (non-hydrogen) atoms. The molecule has 2 aromatic rings. The van der Waals surface area contributed by atoms with E-state index in [0.717, 1.165) is 18.8 Å². The van der Waals surface area contributed by atoms with E-state index in [0.29, 0.717) is 24.3 Å². The fraction of sp³-hybridized carbons (Fsp3) is 0.333. The van der Waals surface area contributed by atoms with Gasteiger partial charge in [-0.3, -0.25) is 14.7 Å². The predicted octanol–water partition coefficient (Wildman–Crippen LogP) is 0.391. The van der Waals surface area contributed by atoms with Crippen molar-refractivity contribution in [2.45, 2.75) is 5.16 Å². The molecule has 1 aliphatic rings. The monoisotopic (exact) mass is 362 g/mol. The molecule has 0 atom stereocenters. The van der Waals surface area contributed by atoms with Crippen molar-refractivity contribution in [2.75, 3.05) is 37.0 Å². The Morgan fingerprint density at radius 3 is 2.60 bits per heavy atom. The smallest absolute Gasteiger partial charge is 0.318 e. The zero-order valence-electron chi connectivity index (χ0n) is 13.4. The highest BCUT2D eigenvalue weighted by Gasteiger charge is 2.22. The van der Waals surface area contributed by atoms with Crippen molar-refractivity contribution in [1.29, 1.82) is 0 Å². The van der Waals surface area contributed by atoms with Crippen LogP contribution in [-0.2, 0) is 9.53 Å². The quantitative estimate of drug-likeness (QED) is 0.739. The standard InChI is InChI=1S/C15H18N6O3S/c16-13(23)17-12(22)10-25-15-19-18-14(20-6-8-24-9-7-20)21(15)11-4-2-1-3-5-11/h1-5H,6-10H2,(H3,16,17,22,23). The molecule has 0 spiro atoms. The Morgan fingerprint density at radius 2 is 1.92 bits per heavy atom. The maximum atomic E-state index is 11.7. The molecule has 1 saturated heterocycles. The van der Waals surface area contributed by atoms with Crippen LogP contribution in [0.5, 0.6) is 0 Å². The number of nitrogens with zero attached hydrogens (tertiary/aromatic N) is 4. The molecule has 0 radical (unpaired) electrons. The maximum absolute atomic E-state index is 11.7. The van der Waals surface area contributed by atoms with Gasteiger partial charge >= 0.3 is 6.03 Å². The third-order valence-corrected chi connectivity index (χ3v) is 4.45. The topological polar surface area (TPSA) is 115 Å². The summed E-state index contributed by atoms with van der Waals surface area (Å²) in [4.78, 5) is 24.5. The van der Waals surface area contributed by atoms with E-state index in [9.17, 15) is 9.59 Å². The van der Waals surface area contributed by atoms with Crippen LogP contribution in [0.3, 0.4) is 0 Å². The van der Waals surface area contributed by atoms with Gasteiger partial charge in [-0.1, -0.05) is 30.0 Å². The van der Waals surface area contributed by atoms with Crippen LogP contribution >= 0.6 is 11.8 Å². The SMILES string of the molecule is NC(=O)NC(=O)CSc1nnc(N2CCOCC2)n1-c1ccccc1. The normalized spacial score (nSPS) is 14.3. The molecule has 1 aromatic heterocycles. The van der Waals surface area contributed by atoms with Gasteiger partial charge in [0.1, 0.15) is 0 Å². The highest BCUT2D eigenvalue weighted by molar-refractivity contribution is 7.99. The van der Waals surface area contributed by atoms with Crippen molar-refractivity contribution in [3.05, 3.63) is 30.3 Å².